The number of carbonyl (C=O) groups excluding carboxylic acids is 2. The number of nitrogens with zero attached hydrogens (tertiary/aromatic N) is 1. The van der Waals surface area contributed by atoms with Gasteiger partial charge in [0.2, 0.25) is 5.91 Å². The van der Waals surface area contributed by atoms with Crippen molar-refractivity contribution in [2.45, 2.75) is 12.8 Å². The first kappa shape index (κ1) is 21.4. The van der Waals surface area contributed by atoms with E-state index in [2.05, 4.69) is 16.8 Å². The van der Waals surface area contributed by atoms with Crippen LogP contribution in [0.25, 0.3) is 11.1 Å². The van der Waals surface area contributed by atoms with E-state index in [9.17, 15) is 9.59 Å². The van der Waals surface area contributed by atoms with Crippen LogP contribution in [0, 0.1) is 5.92 Å². The van der Waals surface area contributed by atoms with E-state index in [0.717, 1.165) is 16.8 Å². The molecule has 1 saturated heterocycles. The number of thiophene rings is 1. The van der Waals surface area contributed by atoms with Gasteiger partial charge in [-0.05, 0) is 71.1 Å². The molecule has 0 unspecified atom stereocenters. The predicted molar refractivity (Wildman–Crippen MR) is 125 cm³/mol. The number of piperidine rings is 1. The predicted octanol–water partition coefficient (Wildman–Crippen LogP) is 5.57. The molecule has 1 fully saturated rings. The number of halogens is 1. The van der Waals surface area contributed by atoms with Gasteiger partial charge in [-0.3, -0.25) is 9.59 Å². The van der Waals surface area contributed by atoms with Gasteiger partial charge >= 0.3 is 0 Å². The number of anilines is 1. The van der Waals surface area contributed by atoms with Gasteiger partial charge in [-0.15, -0.1) is 0 Å². The second-order valence-electron chi connectivity index (χ2n) is 7.49. The van der Waals surface area contributed by atoms with Crippen LogP contribution in [0.15, 0.2) is 59.3 Å². The molecule has 1 aliphatic rings. The van der Waals surface area contributed by atoms with Crippen LogP contribution < -0.4 is 10.1 Å². The van der Waals surface area contributed by atoms with Gasteiger partial charge in [0.15, 0.2) is 0 Å². The molecule has 3 aromatic rings. The number of nitrogens with one attached hydrogen (secondary N) is 1. The highest BCUT2D eigenvalue weighted by Crippen LogP contribution is 2.28. The van der Waals surface area contributed by atoms with Gasteiger partial charge in [0.25, 0.3) is 5.91 Å². The first-order valence-corrected chi connectivity index (χ1v) is 11.4. The summed E-state index contributed by atoms with van der Waals surface area (Å²) in [6.07, 6.45) is 1.23. The molecule has 1 aliphatic heterocycles. The minimum atomic E-state index is -0.130. The van der Waals surface area contributed by atoms with E-state index in [-0.39, 0.29) is 17.7 Å². The van der Waals surface area contributed by atoms with Crippen molar-refractivity contribution in [3.05, 3.63) is 69.9 Å². The second-order valence-corrected chi connectivity index (χ2v) is 8.71. The molecule has 2 heterocycles. The van der Waals surface area contributed by atoms with E-state index < -0.39 is 0 Å². The van der Waals surface area contributed by atoms with Crippen LogP contribution in [0.3, 0.4) is 0 Å². The summed E-state index contributed by atoms with van der Waals surface area (Å²) < 4.78 is 5.30. The van der Waals surface area contributed by atoms with E-state index in [1.807, 2.05) is 29.6 Å². The molecule has 4 rings (SSSR count). The summed E-state index contributed by atoms with van der Waals surface area (Å²) in [6, 6.07) is 15.0. The highest BCUT2D eigenvalue weighted by Gasteiger charge is 2.29. The van der Waals surface area contributed by atoms with Gasteiger partial charge in [0, 0.05) is 29.7 Å². The summed E-state index contributed by atoms with van der Waals surface area (Å²) in [6.45, 7) is 1.03. The fraction of sp³-hybridized carbons (Fsp3) is 0.250. The third kappa shape index (κ3) is 4.92. The summed E-state index contributed by atoms with van der Waals surface area (Å²) in [5.74, 6) is 0.242. The van der Waals surface area contributed by atoms with Crippen molar-refractivity contribution in [1.82, 2.24) is 4.90 Å². The maximum absolute atomic E-state index is 12.9. The molecule has 1 aromatic heterocycles. The Morgan fingerprint density at radius 2 is 1.90 bits per heavy atom. The van der Waals surface area contributed by atoms with E-state index in [1.165, 1.54) is 7.11 Å². The largest absolute Gasteiger partial charge is 0.496 e. The molecule has 0 spiro atoms. The van der Waals surface area contributed by atoms with Crippen LogP contribution in [-0.2, 0) is 4.79 Å². The minimum Gasteiger partial charge on any atom is -0.496 e. The lowest BCUT2D eigenvalue weighted by Gasteiger charge is -2.31. The molecule has 0 saturated carbocycles. The van der Waals surface area contributed by atoms with Gasteiger partial charge in [-0.1, -0.05) is 23.7 Å². The van der Waals surface area contributed by atoms with Gasteiger partial charge in [0.05, 0.1) is 12.7 Å². The highest BCUT2D eigenvalue weighted by molar-refractivity contribution is 7.08. The van der Waals surface area contributed by atoms with Crippen LogP contribution in [0.2, 0.25) is 5.02 Å². The van der Waals surface area contributed by atoms with Crippen LogP contribution in [0.1, 0.15) is 23.2 Å². The Balaban J connectivity index is 1.37. The summed E-state index contributed by atoms with van der Waals surface area (Å²) >= 11 is 7.71. The molecule has 0 atom stereocenters. The van der Waals surface area contributed by atoms with E-state index in [1.54, 1.807) is 34.4 Å². The Kier molecular flexibility index (Phi) is 6.59. The maximum Gasteiger partial charge on any atom is 0.257 e. The molecular formula is C24H23ClN2O3S. The second kappa shape index (κ2) is 9.54. The number of methoxy groups -OCH3 is 1. The molecule has 0 aliphatic carbocycles. The molecule has 2 amide bonds. The first-order valence-electron chi connectivity index (χ1n) is 10.1. The van der Waals surface area contributed by atoms with Crippen molar-refractivity contribution in [3.8, 4) is 16.9 Å². The molecular weight excluding hydrogens is 432 g/mol. The van der Waals surface area contributed by atoms with Crippen molar-refractivity contribution >= 4 is 40.4 Å². The number of amides is 2. The Bertz CT molecular complexity index is 1080. The summed E-state index contributed by atoms with van der Waals surface area (Å²) in [5.41, 5.74) is 3.46. The van der Waals surface area contributed by atoms with Crippen molar-refractivity contribution < 1.29 is 14.3 Å². The smallest absolute Gasteiger partial charge is 0.257 e. The van der Waals surface area contributed by atoms with Crippen LogP contribution in [-0.4, -0.2) is 36.9 Å². The van der Waals surface area contributed by atoms with Crippen molar-refractivity contribution in [2.75, 3.05) is 25.5 Å². The normalized spacial score (nSPS) is 14.3. The maximum atomic E-state index is 12.9. The number of hydrogen-bond acceptors (Lipinski definition) is 4. The average molecular weight is 455 g/mol. The van der Waals surface area contributed by atoms with Crippen molar-refractivity contribution in [1.29, 1.82) is 0 Å². The number of rotatable bonds is 5. The Hall–Kier alpha value is -2.83. The molecule has 5 nitrogen and oxygen atoms in total. The van der Waals surface area contributed by atoms with Crippen LogP contribution >= 0.6 is 22.9 Å². The molecule has 0 radical (unpaired) electrons. The van der Waals surface area contributed by atoms with Crippen LogP contribution in [0.5, 0.6) is 5.75 Å². The van der Waals surface area contributed by atoms with E-state index >= 15 is 0 Å². The molecule has 2 aromatic carbocycles. The highest BCUT2D eigenvalue weighted by atomic mass is 35.5. The van der Waals surface area contributed by atoms with Crippen molar-refractivity contribution in [3.63, 3.8) is 0 Å². The quantitative estimate of drug-likeness (QED) is 0.548. The van der Waals surface area contributed by atoms with Crippen molar-refractivity contribution in [2.24, 2.45) is 5.92 Å². The van der Waals surface area contributed by atoms with Gasteiger partial charge < -0.3 is 15.0 Å². The monoisotopic (exact) mass is 454 g/mol. The fourth-order valence-corrected chi connectivity index (χ4v) is 4.65. The standard InChI is InChI=1S/C24H23ClN2O3S/c1-30-22-6-5-19(25)14-21(22)24(29)27-10-7-16(8-11-27)23(28)26-20-4-2-3-17(13-20)18-9-12-31-15-18/h2-6,9,12-16H,7-8,10-11H2,1H3,(H,26,28). The zero-order chi connectivity index (χ0) is 21.8. The van der Waals surface area contributed by atoms with Gasteiger partial charge in [0.1, 0.15) is 5.75 Å². The molecule has 160 valence electrons. The van der Waals surface area contributed by atoms with E-state index in [4.69, 9.17) is 16.3 Å². The topological polar surface area (TPSA) is 58.6 Å². The number of carbonyl (C=O) groups is 2. The number of hydrogen-bond donors (Lipinski definition) is 1. The third-order valence-electron chi connectivity index (χ3n) is 5.53. The molecule has 7 heteroatoms. The Morgan fingerprint density at radius 3 is 2.61 bits per heavy atom. The summed E-state index contributed by atoms with van der Waals surface area (Å²) in [5, 5.41) is 7.65. The lowest BCUT2D eigenvalue weighted by Crippen LogP contribution is -2.41. The average Bonchev–Trinajstić information content (AvgIpc) is 3.34. The zero-order valence-electron chi connectivity index (χ0n) is 17.1. The summed E-state index contributed by atoms with van der Waals surface area (Å²) in [7, 11) is 1.53. The fourth-order valence-electron chi connectivity index (χ4n) is 3.81. The lowest BCUT2D eigenvalue weighted by atomic mass is 9.95. The molecule has 1 N–H and O–H groups in total. The number of likely N-dealkylation sites (tertiary alicyclic amines) is 1. The first-order chi connectivity index (χ1) is 15.0. The molecule has 31 heavy (non-hydrogen) atoms. The SMILES string of the molecule is COc1ccc(Cl)cc1C(=O)N1CCC(C(=O)Nc2cccc(-c3ccsc3)c2)CC1. The van der Waals surface area contributed by atoms with Gasteiger partial charge in [-0.25, -0.2) is 0 Å². The number of benzene rings is 2. The van der Waals surface area contributed by atoms with Gasteiger partial charge in [-0.2, -0.15) is 11.3 Å². The van der Waals surface area contributed by atoms with E-state index in [0.29, 0.717) is 42.3 Å². The minimum absolute atomic E-state index is 0.00472. The lowest BCUT2D eigenvalue weighted by molar-refractivity contribution is -0.121. The third-order valence-corrected chi connectivity index (χ3v) is 6.45. The molecule has 0 bridgehead atoms. The number of ether oxygens (including phenoxy) is 1. The van der Waals surface area contributed by atoms with Crippen LogP contribution in [0.4, 0.5) is 5.69 Å². The zero-order valence-corrected chi connectivity index (χ0v) is 18.7. The Morgan fingerprint density at radius 1 is 1.10 bits per heavy atom. The summed E-state index contributed by atoms with van der Waals surface area (Å²) in [4.78, 5) is 27.5. The Labute approximate surface area is 190 Å².